The first-order chi connectivity index (χ1) is 13.9. The van der Waals surface area contributed by atoms with Crippen molar-refractivity contribution in [3.63, 3.8) is 0 Å². The zero-order valence-corrected chi connectivity index (χ0v) is 17.6. The van der Waals surface area contributed by atoms with Crippen molar-refractivity contribution in [2.45, 2.75) is 38.5 Å². The molecule has 1 saturated carbocycles. The summed E-state index contributed by atoms with van der Waals surface area (Å²) in [5.74, 6) is -2.28. The normalized spacial score (nSPS) is 25.0. The van der Waals surface area contributed by atoms with Gasteiger partial charge in [0.25, 0.3) is 0 Å². The highest BCUT2D eigenvalue weighted by Gasteiger charge is 2.64. The van der Waals surface area contributed by atoms with Crippen LogP contribution >= 0.6 is 15.9 Å². The summed E-state index contributed by atoms with van der Waals surface area (Å²) < 4.78 is 6.38. The molecule has 0 aromatic heterocycles. The smallest absolute Gasteiger partial charge is 0.324 e. The molecule has 1 saturated heterocycles. The van der Waals surface area contributed by atoms with Crippen LogP contribution in [-0.4, -0.2) is 17.8 Å². The molecule has 2 aliphatic heterocycles. The van der Waals surface area contributed by atoms with Crippen molar-refractivity contribution in [3.8, 4) is 5.75 Å². The van der Waals surface area contributed by atoms with E-state index >= 15 is 0 Å². The molecule has 29 heavy (non-hydrogen) atoms. The van der Waals surface area contributed by atoms with E-state index in [-0.39, 0.29) is 5.91 Å². The molecule has 1 aliphatic carbocycles. The first-order valence-electron chi connectivity index (χ1n) is 9.88. The van der Waals surface area contributed by atoms with Crippen molar-refractivity contribution in [1.82, 2.24) is 0 Å². The van der Waals surface area contributed by atoms with Gasteiger partial charge in [-0.15, -0.1) is 0 Å². The van der Waals surface area contributed by atoms with E-state index in [0.29, 0.717) is 24.3 Å². The second-order valence-electron chi connectivity index (χ2n) is 8.24. The lowest BCUT2D eigenvalue weighted by atomic mass is 9.60. The van der Waals surface area contributed by atoms with E-state index in [1.165, 1.54) is 4.90 Å². The Labute approximate surface area is 177 Å². The molecule has 5 rings (SSSR count). The molecule has 2 fully saturated rings. The number of aryl methyl sites for hydroxylation is 1. The van der Waals surface area contributed by atoms with Crippen molar-refractivity contribution in [3.05, 3.63) is 58.1 Å². The Balaban J connectivity index is 1.71. The van der Waals surface area contributed by atoms with Gasteiger partial charge in [-0.25, -0.2) is 4.90 Å². The third-order valence-electron chi connectivity index (χ3n) is 6.60. The molecular weight excluding hydrogens is 434 g/mol. The molecule has 1 spiro atoms. The average molecular weight is 454 g/mol. The van der Waals surface area contributed by atoms with Gasteiger partial charge in [-0.05, 0) is 50.1 Å². The largest absolute Gasteiger partial charge is 0.426 e. The Bertz CT molecular complexity index is 1040. The Morgan fingerprint density at radius 3 is 2.41 bits per heavy atom. The van der Waals surface area contributed by atoms with Gasteiger partial charge in [0.2, 0.25) is 11.8 Å². The molecule has 148 valence electrons. The van der Waals surface area contributed by atoms with Crippen molar-refractivity contribution in [2.24, 2.45) is 11.3 Å². The van der Waals surface area contributed by atoms with Crippen LogP contribution in [-0.2, 0) is 14.4 Å². The Morgan fingerprint density at radius 1 is 1.03 bits per heavy atom. The first-order valence-corrected chi connectivity index (χ1v) is 10.7. The average Bonchev–Trinajstić information content (AvgIpc) is 3.18. The monoisotopic (exact) mass is 453 g/mol. The fourth-order valence-corrected chi connectivity index (χ4v) is 5.65. The summed E-state index contributed by atoms with van der Waals surface area (Å²) in [7, 11) is 0. The van der Waals surface area contributed by atoms with Crippen LogP contribution in [0.2, 0.25) is 0 Å². The van der Waals surface area contributed by atoms with E-state index < -0.39 is 29.1 Å². The van der Waals surface area contributed by atoms with Gasteiger partial charge < -0.3 is 4.74 Å². The first kappa shape index (κ1) is 18.6. The maximum atomic E-state index is 13.8. The quantitative estimate of drug-likeness (QED) is 0.275. The van der Waals surface area contributed by atoms with E-state index in [4.69, 9.17) is 4.74 Å². The maximum absolute atomic E-state index is 13.8. The van der Waals surface area contributed by atoms with Crippen LogP contribution in [0.1, 0.15) is 42.7 Å². The molecule has 0 radical (unpaired) electrons. The van der Waals surface area contributed by atoms with E-state index in [9.17, 15) is 14.4 Å². The number of anilines is 1. The van der Waals surface area contributed by atoms with Crippen LogP contribution in [0.15, 0.2) is 46.9 Å². The molecule has 3 aliphatic rings. The molecule has 0 unspecified atom stereocenters. The summed E-state index contributed by atoms with van der Waals surface area (Å²) in [6, 6.07) is 12.7. The number of hydrogen-bond acceptors (Lipinski definition) is 4. The lowest BCUT2D eigenvalue weighted by Gasteiger charge is -2.49. The number of amides is 2. The number of piperidine rings is 1. The van der Waals surface area contributed by atoms with Crippen LogP contribution in [0.5, 0.6) is 5.75 Å². The van der Waals surface area contributed by atoms with E-state index in [1.807, 2.05) is 25.1 Å². The lowest BCUT2D eigenvalue weighted by molar-refractivity contribution is -0.155. The lowest BCUT2D eigenvalue weighted by Crippen LogP contribution is -2.62. The summed E-state index contributed by atoms with van der Waals surface area (Å²) in [4.78, 5) is 41.5. The minimum absolute atomic E-state index is 0.189. The van der Waals surface area contributed by atoms with Crippen molar-refractivity contribution < 1.29 is 19.1 Å². The molecule has 2 aromatic carbocycles. The van der Waals surface area contributed by atoms with Gasteiger partial charge in [-0.3, -0.25) is 14.4 Å². The highest BCUT2D eigenvalue weighted by atomic mass is 79.9. The summed E-state index contributed by atoms with van der Waals surface area (Å²) >= 11 is 3.48. The van der Waals surface area contributed by atoms with Gasteiger partial charge in [0.1, 0.15) is 11.7 Å². The van der Waals surface area contributed by atoms with E-state index in [2.05, 4.69) is 15.9 Å². The fourth-order valence-electron chi connectivity index (χ4n) is 5.27. The van der Waals surface area contributed by atoms with Crippen molar-refractivity contribution in [2.75, 3.05) is 4.90 Å². The van der Waals surface area contributed by atoms with Crippen LogP contribution in [0.3, 0.4) is 0 Å². The van der Waals surface area contributed by atoms with Crippen molar-refractivity contribution in [1.29, 1.82) is 0 Å². The topological polar surface area (TPSA) is 63.7 Å². The predicted molar refractivity (Wildman–Crippen MR) is 111 cm³/mol. The number of hydrogen-bond donors (Lipinski definition) is 0. The van der Waals surface area contributed by atoms with E-state index in [0.717, 1.165) is 28.4 Å². The highest BCUT2D eigenvalue weighted by molar-refractivity contribution is 9.10. The molecule has 0 N–H and O–H groups in total. The van der Waals surface area contributed by atoms with Gasteiger partial charge in [-0.1, -0.05) is 46.5 Å². The molecule has 6 heteroatoms. The molecular formula is C23H20BrNO4. The van der Waals surface area contributed by atoms with E-state index in [1.54, 1.807) is 24.3 Å². The van der Waals surface area contributed by atoms with Gasteiger partial charge in [-0.2, -0.15) is 0 Å². The number of imide groups is 1. The summed E-state index contributed by atoms with van der Waals surface area (Å²) in [5, 5.41) is 0. The van der Waals surface area contributed by atoms with Gasteiger partial charge in [0, 0.05) is 16.0 Å². The number of carbonyl (C=O) groups excluding carboxylic acids is 3. The number of halogens is 1. The number of rotatable bonds is 1. The molecule has 2 atom stereocenters. The van der Waals surface area contributed by atoms with Crippen molar-refractivity contribution >= 4 is 39.4 Å². The summed E-state index contributed by atoms with van der Waals surface area (Å²) in [6.07, 6.45) is 3.15. The Kier molecular flexibility index (Phi) is 4.17. The number of carbonyl (C=O) groups is 3. The second kappa shape index (κ2) is 6.52. The van der Waals surface area contributed by atoms with Crippen LogP contribution in [0.4, 0.5) is 5.69 Å². The second-order valence-corrected chi connectivity index (χ2v) is 9.15. The SMILES string of the molecule is Cc1ccc(N2C(=O)[C@H]3C(=O)Oc4ccc(Br)cc4[C@@H]3C3(CCCC3)C2=O)cc1. The van der Waals surface area contributed by atoms with Gasteiger partial charge in [0.05, 0.1) is 11.1 Å². The molecule has 2 heterocycles. The minimum atomic E-state index is -1.01. The zero-order valence-electron chi connectivity index (χ0n) is 16.0. The third kappa shape index (κ3) is 2.61. The highest BCUT2D eigenvalue weighted by Crippen LogP contribution is 2.59. The zero-order chi connectivity index (χ0) is 20.3. The predicted octanol–water partition coefficient (Wildman–Crippen LogP) is 4.51. The maximum Gasteiger partial charge on any atom is 0.324 e. The fraction of sp³-hybridized carbons (Fsp3) is 0.348. The number of fused-ring (bicyclic) bond motifs is 4. The Morgan fingerprint density at radius 2 is 1.72 bits per heavy atom. The number of benzene rings is 2. The molecule has 2 amide bonds. The molecule has 5 nitrogen and oxygen atoms in total. The standard InChI is InChI=1S/C23H20BrNO4/c1-13-4-7-15(8-5-13)25-20(26)18-19(23(22(25)28)10-2-3-11-23)16-12-14(24)6-9-17(16)29-21(18)27/h4-9,12,18-19H,2-3,10-11H2,1H3/t18-,19-/m0/s1. The number of nitrogens with zero attached hydrogens (tertiary/aromatic N) is 1. The van der Waals surface area contributed by atoms with Crippen LogP contribution < -0.4 is 9.64 Å². The number of esters is 1. The Hall–Kier alpha value is -2.47. The molecule has 2 aromatic rings. The summed E-state index contributed by atoms with van der Waals surface area (Å²) in [6.45, 7) is 1.95. The van der Waals surface area contributed by atoms with Crippen LogP contribution in [0, 0.1) is 18.3 Å². The summed E-state index contributed by atoms with van der Waals surface area (Å²) in [5.41, 5.74) is 1.56. The third-order valence-corrected chi connectivity index (χ3v) is 7.10. The number of ether oxygens (including phenoxy) is 1. The van der Waals surface area contributed by atoms with Gasteiger partial charge >= 0.3 is 5.97 Å². The van der Waals surface area contributed by atoms with Crippen LogP contribution in [0.25, 0.3) is 0 Å². The molecule has 0 bridgehead atoms. The van der Waals surface area contributed by atoms with Gasteiger partial charge in [0.15, 0.2) is 0 Å². The minimum Gasteiger partial charge on any atom is -0.426 e.